The number of rotatable bonds is 6. The highest BCUT2D eigenvalue weighted by Gasteiger charge is 2.26. The Hall–Kier alpha value is -0.650. The predicted molar refractivity (Wildman–Crippen MR) is 97.6 cm³/mol. The van der Waals surface area contributed by atoms with Crippen LogP contribution in [0.3, 0.4) is 0 Å². The number of hydrogen-bond donors (Lipinski definition) is 0. The lowest BCUT2D eigenvalue weighted by atomic mass is 9.95. The van der Waals surface area contributed by atoms with E-state index in [4.69, 9.17) is 21.1 Å². The van der Waals surface area contributed by atoms with E-state index in [1.807, 2.05) is 12.1 Å². The van der Waals surface area contributed by atoms with E-state index in [-0.39, 0.29) is 6.10 Å². The Kier molecular flexibility index (Phi) is 6.93. The Balaban J connectivity index is 1.45. The molecule has 0 aliphatic carbocycles. The number of ether oxygens (including phenoxy) is 2. The minimum Gasteiger partial charge on any atom is -0.383 e. The van der Waals surface area contributed by atoms with E-state index >= 15 is 0 Å². The monoisotopic (exact) mass is 352 g/mol. The first kappa shape index (κ1) is 18.2. The van der Waals surface area contributed by atoms with Crippen molar-refractivity contribution in [1.82, 2.24) is 9.80 Å². The van der Waals surface area contributed by atoms with Gasteiger partial charge in [-0.1, -0.05) is 23.7 Å². The molecule has 3 rings (SSSR count). The SMILES string of the molecule is COCCN1CCC(CN2CCO[C@@H](c3ccc(Cl)cc3)C2)CC1. The van der Waals surface area contributed by atoms with Gasteiger partial charge in [-0.3, -0.25) is 4.90 Å². The third-order valence-corrected chi connectivity index (χ3v) is 5.48. The average Bonchev–Trinajstić information content (AvgIpc) is 2.62. The van der Waals surface area contributed by atoms with Crippen molar-refractivity contribution in [3.8, 4) is 0 Å². The Bertz CT molecular complexity index is 489. The van der Waals surface area contributed by atoms with Gasteiger partial charge in [-0.25, -0.2) is 0 Å². The summed E-state index contributed by atoms with van der Waals surface area (Å²) in [6.07, 6.45) is 2.78. The molecular weight excluding hydrogens is 324 g/mol. The smallest absolute Gasteiger partial charge is 0.0952 e. The molecule has 1 aromatic carbocycles. The number of piperidine rings is 1. The molecule has 0 amide bonds. The minimum absolute atomic E-state index is 0.179. The van der Waals surface area contributed by atoms with Crippen molar-refractivity contribution in [1.29, 1.82) is 0 Å². The van der Waals surface area contributed by atoms with Crippen molar-refractivity contribution in [2.75, 3.05) is 59.6 Å². The van der Waals surface area contributed by atoms with Gasteiger partial charge in [-0.2, -0.15) is 0 Å². The van der Waals surface area contributed by atoms with Gasteiger partial charge in [-0.15, -0.1) is 0 Å². The molecular formula is C19H29ClN2O2. The molecule has 0 aromatic heterocycles. The Morgan fingerprint density at radius 2 is 1.88 bits per heavy atom. The molecule has 4 nitrogen and oxygen atoms in total. The van der Waals surface area contributed by atoms with E-state index < -0.39 is 0 Å². The zero-order valence-electron chi connectivity index (χ0n) is 14.6. The Morgan fingerprint density at radius 3 is 2.58 bits per heavy atom. The van der Waals surface area contributed by atoms with E-state index in [0.717, 1.165) is 43.8 Å². The summed E-state index contributed by atoms with van der Waals surface area (Å²) < 4.78 is 11.2. The maximum absolute atomic E-state index is 5.99. The van der Waals surface area contributed by atoms with Gasteiger partial charge in [0.1, 0.15) is 0 Å². The molecule has 2 saturated heterocycles. The average molecular weight is 353 g/mol. The quantitative estimate of drug-likeness (QED) is 0.785. The zero-order valence-corrected chi connectivity index (χ0v) is 15.4. The van der Waals surface area contributed by atoms with Gasteiger partial charge in [0.15, 0.2) is 0 Å². The zero-order chi connectivity index (χ0) is 16.8. The molecule has 134 valence electrons. The van der Waals surface area contributed by atoms with Crippen molar-refractivity contribution in [3.63, 3.8) is 0 Å². The van der Waals surface area contributed by atoms with Crippen LogP contribution in [0.15, 0.2) is 24.3 Å². The molecule has 0 saturated carbocycles. The fraction of sp³-hybridized carbons (Fsp3) is 0.684. The summed E-state index contributed by atoms with van der Waals surface area (Å²) in [4.78, 5) is 5.11. The van der Waals surface area contributed by atoms with Gasteiger partial charge in [0.05, 0.1) is 19.3 Å². The third-order valence-electron chi connectivity index (χ3n) is 5.23. The fourth-order valence-corrected chi connectivity index (χ4v) is 3.85. The van der Waals surface area contributed by atoms with E-state index in [9.17, 15) is 0 Å². The predicted octanol–water partition coefficient (Wildman–Crippen LogP) is 3.07. The molecule has 0 bridgehead atoms. The van der Waals surface area contributed by atoms with Crippen LogP contribution in [0.1, 0.15) is 24.5 Å². The molecule has 1 atom stereocenters. The topological polar surface area (TPSA) is 24.9 Å². The second-order valence-corrected chi connectivity index (χ2v) is 7.38. The number of halogens is 1. The van der Waals surface area contributed by atoms with Crippen LogP contribution in [-0.4, -0.2) is 69.4 Å². The van der Waals surface area contributed by atoms with Crippen LogP contribution < -0.4 is 0 Å². The van der Waals surface area contributed by atoms with Gasteiger partial charge < -0.3 is 14.4 Å². The molecule has 2 aliphatic heterocycles. The van der Waals surface area contributed by atoms with E-state index in [2.05, 4.69) is 21.9 Å². The van der Waals surface area contributed by atoms with Crippen molar-refractivity contribution in [2.24, 2.45) is 5.92 Å². The number of nitrogens with zero attached hydrogens (tertiary/aromatic N) is 2. The molecule has 1 aromatic rings. The van der Waals surface area contributed by atoms with Gasteiger partial charge in [-0.05, 0) is 49.5 Å². The molecule has 24 heavy (non-hydrogen) atoms. The highest BCUT2D eigenvalue weighted by molar-refractivity contribution is 6.30. The first-order chi connectivity index (χ1) is 11.7. The van der Waals surface area contributed by atoms with Crippen molar-refractivity contribution in [2.45, 2.75) is 18.9 Å². The van der Waals surface area contributed by atoms with E-state index in [1.54, 1.807) is 7.11 Å². The second-order valence-electron chi connectivity index (χ2n) is 6.95. The van der Waals surface area contributed by atoms with Crippen molar-refractivity contribution >= 4 is 11.6 Å². The normalized spacial score (nSPS) is 24.3. The van der Waals surface area contributed by atoms with Gasteiger partial charge in [0.2, 0.25) is 0 Å². The summed E-state index contributed by atoms with van der Waals surface area (Å²) in [6, 6.07) is 8.08. The molecule has 0 spiro atoms. The molecule has 5 heteroatoms. The lowest BCUT2D eigenvalue weighted by Crippen LogP contribution is -2.44. The number of morpholine rings is 1. The standard InChI is InChI=1S/C19H29ClN2O2/c1-23-12-10-21-8-6-16(7-9-21)14-22-11-13-24-19(15-22)17-2-4-18(20)5-3-17/h2-5,16,19H,6-15H2,1H3/t19-/m1/s1. The maximum Gasteiger partial charge on any atom is 0.0952 e. The van der Waals surface area contributed by atoms with Crippen LogP contribution in [0.25, 0.3) is 0 Å². The summed E-state index contributed by atoms with van der Waals surface area (Å²) >= 11 is 5.99. The molecule has 0 unspecified atom stereocenters. The van der Waals surface area contributed by atoms with Crippen LogP contribution in [-0.2, 0) is 9.47 Å². The summed E-state index contributed by atoms with van der Waals surface area (Å²) in [5.41, 5.74) is 1.23. The van der Waals surface area contributed by atoms with Crippen LogP contribution in [0, 0.1) is 5.92 Å². The summed E-state index contributed by atoms with van der Waals surface area (Å²) in [7, 11) is 1.78. The van der Waals surface area contributed by atoms with Gasteiger partial charge in [0, 0.05) is 38.3 Å². The number of hydrogen-bond acceptors (Lipinski definition) is 4. The molecule has 0 radical (unpaired) electrons. The first-order valence-corrected chi connectivity index (χ1v) is 9.43. The first-order valence-electron chi connectivity index (χ1n) is 9.05. The van der Waals surface area contributed by atoms with Crippen molar-refractivity contribution < 1.29 is 9.47 Å². The fourth-order valence-electron chi connectivity index (χ4n) is 3.73. The third kappa shape index (κ3) is 5.17. The summed E-state index contributed by atoms with van der Waals surface area (Å²) in [5, 5.41) is 0.784. The summed E-state index contributed by atoms with van der Waals surface area (Å²) in [5.74, 6) is 0.813. The maximum atomic E-state index is 5.99. The molecule has 0 N–H and O–H groups in total. The van der Waals surface area contributed by atoms with E-state index in [0.29, 0.717) is 0 Å². The van der Waals surface area contributed by atoms with Crippen LogP contribution in [0.5, 0.6) is 0 Å². The van der Waals surface area contributed by atoms with Crippen LogP contribution >= 0.6 is 11.6 Å². The number of methoxy groups -OCH3 is 1. The summed E-state index contributed by atoms with van der Waals surface area (Å²) in [6.45, 7) is 8.39. The Labute approximate surface area is 150 Å². The minimum atomic E-state index is 0.179. The van der Waals surface area contributed by atoms with Gasteiger partial charge >= 0.3 is 0 Å². The molecule has 2 fully saturated rings. The highest BCUT2D eigenvalue weighted by Crippen LogP contribution is 2.26. The second kappa shape index (κ2) is 9.16. The highest BCUT2D eigenvalue weighted by atomic mass is 35.5. The number of benzene rings is 1. The van der Waals surface area contributed by atoms with E-state index in [1.165, 1.54) is 38.0 Å². The number of likely N-dealkylation sites (tertiary alicyclic amines) is 1. The lowest BCUT2D eigenvalue weighted by molar-refractivity contribution is -0.0374. The van der Waals surface area contributed by atoms with Crippen LogP contribution in [0.4, 0.5) is 0 Å². The molecule has 2 aliphatic rings. The van der Waals surface area contributed by atoms with Crippen molar-refractivity contribution in [3.05, 3.63) is 34.9 Å². The Morgan fingerprint density at radius 1 is 1.12 bits per heavy atom. The van der Waals surface area contributed by atoms with Crippen LogP contribution in [0.2, 0.25) is 5.02 Å². The molecule has 2 heterocycles. The van der Waals surface area contributed by atoms with Gasteiger partial charge in [0.25, 0.3) is 0 Å². The lowest BCUT2D eigenvalue weighted by Gasteiger charge is -2.38. The largest absolute Gasteiger partial charge is 0.383 e.